The molecule has 0 saturated heterocycles. The van der Waals surface area contributed by atoms with E-state index >= 15 is 0 Å². The van der Waals surface area contributed by atoms with Crippen molar-refractivity contribution in [1.29, 1.82) is 0 Å². The van der Waals surface area contributed by atoms with Crippen molar-refractivity contribution in [2.75, 3.05) is 17.7 Å². The van der Waals surface area contributed by atoms with Crippen LogP contribution in [0, 0.1) is 0 Å². The van der Waals surface area contributed by atoms with Gasteiger partial charge in [-0.15, -0.1) is 10.2 Å². The van der Waals surface area contributed by atoms with Crippen molar-refractivity contribution in [3.05, 3.63) is 54.1 Å². The standard InChI is InChI=1S/C21H20N4O4S/c1-2-11-30-21-23-20-18(24-25-21)15-5-3-4-6-16(15)22-19(29-20)13-7-9-14(10-8-13)28-12-17(26)27/h3-10,19,22H,2,11-12H2,1H3,(H,26,27)/p-1. The summed E-state index contributed by atoms with van der Waals surface area (Å²) in [7, 11) is 0. The zero-order chi connectivity index (χ0) is 20.9. The summed E-state index contributed by atoms with van der Waals surface area (Å²) in [4.78, 5) is 15.1. The second-order valence-corrected chi connectivity index (χ2v) is 7.58. The number of carboxylic acids is 1. The second-order valence-electron chi connectivity index (χ2n) is 6.51. The van der Waals surface area contributed by atoms with E-state index in [0.717, 1.165) is 29.0 Å². The smallest absolute Gasteiger partial charge is 0.247 e. The Hall–Kier alpha value is -3.33. The highest BCUT2D eigenvalue weighted by Gasteiger charge is 2.26. The third kappa shape index (κ3) is 4.46. The SMILES string of the molecule is CCCSc1nnc2c(n1)OC(c1ccc(OCC(=O)[O-])cc1)Nc1ccccc1-2. The van der Waals surface area contributed by atoms with Gasteiger partial charge < -0.3 is 24.7 Å². The van der Waals surface area contributed by atoms with E-state index in [2.05, 4.69) is 27.4 Å². The number of benzene rings is 2. The van der Waals surface area contributed by atoms with Crippen molar-refractivity contribution in [2.24, 2.45) is 0 Å². The fourth-order valence-corrected chi connectivity index (χ4v) is 3.57. The molecule has 1 atom stereocenters. The lowest BCUT2D eigenvalue weighted by Crippen LogP contribution is -2.28. The molecule has 1 N–H and O–H groups in total. The van der Waals surface area contributed by atoms with Gasteiger partial charge in [0, 0.05) is 22.6 Å². The molecule has 30 heavy (non-hydrogen) atoms. The summed E-state index contributed by atoms with van der Waals surface area (Å²) in [5.41, 5.74) is 3.11. The average Bonchev–Trinajstić information content (AvgIpc) is 2.93. The van der Waals surface area contributed by atoms with Crippen LogP contribution in [0.5, 0.6) is 11.6 Å². The Labute approximate surface area is 177 Å². The molecule has 4 rings (SSSR count). The number of carbonyl (C=O) groups is 1. The van der Waals surface area contributed by atoms with Gasteiger partial charge in [-0.25, -0.2) is 0 Å². The predicted molar refractivity (Wildman–Crippen MR) is 110 cm³/mol. The van der Waals surface area contributed by atoms with Crippen LogP contribution in [0.1, 0.15) is 25.1 Å². The minimum Gasteiger partial charge on any atom is -0.546 e. The van der Waals surface area contributed by atoms with Gasteiger partial charge in [0.15, 0.2) is 11.9 Å². The first kappa shape index (κ1) is 20.0. The summed E-state index contributed by atoms with van der Waals surface area (Å²) in [5.74, 6) is 0.458. The molecular formula is C21H19N4O4S-. The molecule has 0 fully saturated rings. The van der Waals surface area contributed by atoms with E-state index in [1.807, 2.05) is 24.3 Å². The van der Waals surface area contributed by atoms with Crippen LogP contribution >= 0.6 is 11.8 Å². The van der Waals surface area contributed by atoms with Gasteiger partial charge in [0.25, 0.3) is 0 Å². The minimum atomic E-state index is -1.27. The van der Waals surface area contributed by atoms with E-state index < -0.39 is 18.8 Å². The molecule has 9 heteroatoms. The van der Waals surface area contributed by atoms with Gasteiger partial charge in [-0.05, 0) is 36.8 Å². The lowest BCUT2D eigenvalue weighted by molar-refractivity contribution is -0.307. The van der Waals surface area contributed by atoms with E-state index in [4.69, 9.17) is 9.47 Å². The summed E-state index contributed by atoms with van der Waals surface area (Å²) < 4.78 is 11.3. The Bertz CT molecular complexity index is 1050. The summed E-state index contributed by atoms with van der Waals surface area (Å²) >= 11 is 1.53. The van der Waals surface area contributed by atoms with Crippen LogP contribution in [0.15, 0.2) is 53.7 Å². The van der Waals surface area contributed by atoms with Crippen molar-refractivity contribution < 1.29 is 19.4 Å². The van der Waals surface area contributed by atoms with E-state index in [-0.39, 0.29) is 0 Å². The molecule has 2 heterocycles. The van der Waals surface area contributed by atoms with Crippen molar-refractivity contribution in [3.63, 3.8) is 0 Å². The minimum absolute atomic E-state index is 0.406. The van der Waals surface area contributed by atoms with E-state index in [9.17, 15) is 9.90 Å². The van der Waals surface area contributed by atoms with Crippen molar-refractivity contribution >= 4 is 23.4 Å². The topological polar surface area (TPSA) is 109 Å². The Balaban J connectivity index is 1.65. The highest BCUT2D eigenvalue weighted by molar-refractivity contribution is 7.99. The molecule has 0 spiro atoms. The van der Waals surface area contributed by atoms with Crippen LogP contribution in [0.3, 0.4) is 0 Å². The maximum absolute atomic E-state index is 10.6. The number of carboxylic acid groups (broad SMARTS) is 1. The molecule has 8 nitrogen and oxygen atoms in total. The molecule has 3 aromatic rings. The molecule has 154 valence electrons. The first-order valence-corrected chi connectivity index (χ1v) is 10.5. The van der Waals surface area contributed by atoms with E-state index in [1.54, 1.807) is 24.3 Å². The number of anilines is 1. The van der Waals surface area contributed by atoms with Gasteiger partial charge in [0.1, 0.15) is 12.4 Å². The Morgan fingerprint density at radius 2 is 2.00 bits per heavy atom. The number of carbonyl (C=O) groups excluding carboxylic acids is 1. The Morgan fingerprint density at radius 1 is 1.20 bits per heavy atom. The molecule has 0 bridgehead atoms. The normalized spacial score (nSPS) is 14.5. The molecule has 2 aromatic carbocycles. The number of hydrogen-bond donors (Lipinski definition) is 1. The number of para-hydroxylation sites is 1. The summed E-state index contributed by atoms with van der Waals surface area (Å²) in [6.45, 7) is 1.59. The van der Waals surface area contributed by atoms with Crippen LogP contribution in [0.4, 0.5) is 5.69 Å². The fourth-order valence-electron chi connectivity index (χ4n) is 2.93. The van der Waals surface area contributed by atoms with E-state index in [1.165, 1.54) is 11.8 Å². The first-order chi connectivity index (χ1) is 14.6. The quantitative estimate of drug-likeness (QED) is 0.574. The highest BCUT2D eigenvalue weighted by atomic mass is 32.2. The van der Waals surface area contributed by atoms with Crippen LogP contribution < -0.4 is 19.9 Å². The van der Waals surface area contributed by atoms with Gasteiger partial charge in [-0.2, -0.15) is 4.98 Å². The Morgan fingerprint density at radius 3 is 2.77 bits per heavy atom. The third-order valence-electron chi connectivity index (χ3n) is 4.31. The molecular weight excluding hydrogens is 404 g/mol. The second kappa shape index (κ2) is 9.00. The van der Waals surface area contributed by atoms with Crippen molar-refractivity contribution in [2.45, 2.75) is 24.7 Å². The van der Waals surface area contributed by atoms with Crippen LogP contribution in [-0.2, 0) is 4.79 Å². The number of fused-ring (bicyclic) bond motifs is 3. The Kier molecular flexibility index (Phi) is 5.99. The van der Waals surface area contributed by atoms with Crippen LogP contribution in [0.25, 0.3) is 11.3 Å². The lowest BCUT2D eigenvalue weighted by Gasteiger charge is -2.19. The monoisotopic (exact) mass is 423 g/mol. The molecule has 1 aliphatic rings. The number of nitrogens with one attached hydrogen (secondary N) is 1. The van der Waals surface area contributed by atoms with Gasteiger partial charge in [0.05, 0.1) is 5.97 Å². The zero-order valence-electron chi connectivity index (χ0n) is 16.2. The molecule has 0 aliphatic carbocycles. The number of aromatic nitrogens is 3. The van der Waals surface area contributed by atoms with E-state index in [0.29, 0.717) is 22.5 Å². The summed E-state index contributed by atoms with van der Waals surface area (Å²) in [6.07, 6.45) is 0.481. The van der Waals surface area contributed by atoms with Gasteiger partial charge in [-0.3, -0.25) is 0 Å². The van der Waals surface area contributed by atoms with Crippen molar-refractivity contribution in [1.82, 2.24) is 15.2 Å². The molecule has 1 unspecified atom stereocenters. The highest BCUT2D eigenvalue weighted by Crippen LogP contribution is 2.39. The number of thioether (sulfide) groups is 1. The fraction of sp³-hybridized carbons (Fsp3) is 0.238. The van der Waals surface area contributed by atoms with Gasteiger partial charge in [0.2, 0.25) is 11.0 Å². The van der Waals surface area contributed by atoms with Crippen LogP contribution in [0.2, 0.25) is 0 Å². The average molecular weight is 423 g/mol. The predicted octanol–water partition coefficient (Wildman–Crippen LogP) is 2.67. The van der Waals surface area contributed by atoms with Gasteiger partial charge in [-0.1, -0.05) is 36.9 Å². The maximum Gasteiger partial charge on any atom is 0.247 e. The molecule has 0 amide bonds. The number of ether oxygens (including phenoxy) is 2. The number of hydrogen-bond acceptors (Lipinski definition) is 9. The summed E-state index contributed by atoms with van der Waals surface area (Å²) in [6, 6.07) is 14.7. The van der Waals surface area contributed by atoms with Crippen LogP contribution in [-0.4, -0.2) is 33.5 Å². The number of aliphatic carboxylic acids is 1. The zero-order valence-corrected chi connectivity index (χ0v) is 17.0. The third-order valence-corrected chi connectivity index (χ3v) is 5.35. The lowest BCUT2D eigenvalue weighted by atomic mass is 10.1. The summed E-state index contributed by atoms with van der Waals surface area (Å²) in [5, 5.41) is 23.1. The number of nitrogens with zero attached hydrogens (tertiary/aromatic N) is 3. The van der Waals surface area contributed by atoms with Gasteiger partial charge >= 0.3 is 0 Å². The molecule has 1 aromatic heterocycles. The molecule has 0 radical (unpaired) electrons. The maximum atomic E-state index is 10.6. The first-order valence-electron chi connectivity index (χ1n) is 9.46. The van der Waals surface area contributed by atoms with Crippen molar-refractivity contribution in [3.8, 4) is 22.9 Å². The molecule has 1 aliphatic heterocycles. The number of rotatable bonds is 7. The largest absolute Gasteiger partial charge is 0.546 e. The molecule has 0 saturated carbocycles.